The SMILES string of the molecule is CNC(=O)C1=C(O)c2cc(C)ccc2N(Cc2ccc(C)c(F)c2)C(=O)C1. The molecule has 0 atom stereocenters. The van der Waals surface area contributed by atoms with Crippen molar-refractivity contribution < 1.29 is 19.1 Å². The quantitative estimate of drug-likeness (QED) is 0.872. The molecule has 0 unspecified atom stereocenters. The fraction of sp³-hybridized carbons (Fsp3) is 0.238. The Balaban J connectivity index is 2.10. The van der Waals surface area contributed by atoms with Crippen molar-refractivity contribution in [2.75, 3.05) is 11.9 Å². The van der Waals surface area contributed by atoms with Crippen molar-refractivity contribution in [2.45, 2.75) is 26.8 Å². The lowest BCUT2D eigenvalue weighted by molar-refractivity contribution is -0.121. The summed E-state index contributed by atoms with van der Waals surface area (Å²) in [5.74, 6) is -1.40. The number of hydrogen-bond acceptors (Lipinski definition) is 3. The summed E-state index contributed by atoms with van der Waals surface area (Å²) < 4.78 is 13.9. The Kier molecular flexibility index (Phi) is 4.99. The van der Waals surface area contributed by atoms with Crippen LogP contribution in [0.4, 0.5) is 10.1 Å². The molecule has 2 N–H and O–H groups in total. The number of benzene rings is 2. The first-order valence-electron chi connectivity index (χ1n) is 8.62. The summed E-state index contributed by atoms with van der Waals surface area (Å²) in [5, 5.41) is 13.1. The number of aliphatic hydroxyl groups excluding tert-OH is 1. The summed E-state index contributed by atoms with van der Waals surface area (Å²) >= 11 is 0. The van der Waals surface area contributed by atoms with Gasteiger partial charge in [0.1, 0.15) is 11.6 Å². The Morgan fingerprint density at radius 3 is 2.63 bits per heavy atom. The highest BCUT2D eigenvalue weighted by atomic mass is 19.1. The summed E-state index contributed by atoms with van der Waals surface area (Å²) in [6, 6.07) is 10.1. The molecule has 2 aromatic rings. The topological polar surface area (TPSA) is 69.6 Å². The predicted molar refractivity (Wildman–Crippen MR) is 102 cm³/mol. The van der Waals surface area contributed by atoms with E-state index in [2.05, 4.69) is 5.32 Å². The Morgan fingerprint density at radius 1 is 1.22 bits per heavy atom. The summed E-state index contributed by atoms with van der Waals surface area (Å²) in [6.45, 7) is 3.67. The second-order valence-corrected chi connectivity index (χ2v) is 6.67. The number of hydrogen-bond donors (Lipinski definition) is 2. The third-order valence-corrected chi connectivity index (χ3v) is 4.69. The number of aryl methyl sites for hydroxylation is 2. The zero-order valence-electron chi connectivity index (χ0n) is 15.5. The molecule has 140 valence electrons. The van der Waals surface area contributed by atoms with Gasteiger partial charge in [0.05, 0.1) is 24.2 Å². The zero-order valence-corrected chi connectivity index (χ0v) is 15.5. The lowest BCUT2D eigenvalue weighted by Gasteiger charge is -2.23. The summed E-state index contributed by atoms with van der Waals surface area (Å²) in [4.78, 5) is 26.5. The van der Waals surface area contributed by atoms with Crippen molar-refractivity contribution >= 4 is 23.3 Å². The van der Waals surface area contributed by atoms with Gasteiger partial charge in [-0.25, -0.2) is 4.39 Å². The van der Waals surface area contributed by atoms with Crippen molar-refractivity contribution in [1.82, 2.24) is 5.32 Å². The largest absolute Gasteiger partial charge is 0.507 e. The van der Waals surface area contributed by atoms with Crippen LogP contribution in [0.5, 0.6) is 0 Å². The van der Waals surface area contributed by atoms with Crippen LogP contribution in [-0.2, 0) is 16.1 Å². The highest BCUT2D eigenvalue weighted by Crippen LogP contribution is 2.35. The van der Waals surface area contributed by atoms with Gasteiger partial charge in [0.25, 0.3) is 5.91 Å². The van der Waals surface area contributed by atoms with Crippen LogP contribution in [0, 0.1) is 19.7 Å². The van der Waals surface area contributed by atoms with Crippen LogP contribution in [0.25, 0.3) is 5.76 Å². The summed E-state index contributed by atoms with van der Waals surface area (Å²) in [6.07, 6.45) is -0.242. The van der Waals surface area contributed by atoms with Gasteiger partial charge in [-0.2, -0.15) is 0 Å². The molecule has 2 aromatic carbocycles. The Hall–Kier alpha value is -3.15. The predicted octanol–water partition coefficient (Wildman–Crippen LogP) is 3.39. The molecule has 0 radical (unpaired) electrons. The molecule has 0 fully saturated rings. The molecule has 0 spiro atoms. The second kappa shape index (κ2) is 7.23. The number of amides is 2. The smallest absolute Gasteiger partial charge is 0.251 e. The molecule has 0 aromatic heterocycles. The number of carbonyl (C=O) groups is 2. The lowest BCUT2D eigenvalue weighted by Crippen LogP contribution is -2.31. The number of aliphatic hydroxyl groups is 1. The average Bonchev–Trinajstić information content (AvgIpc) is 2.74. The third kappa shape index (κ3) is 3.56. The summed E-state index contributed by atoms with van der Waals surface area (Å²) in [7, 11) is 1.45. The molecular weight excluding hydrogens is 347 g/mol. The number of fused-ring (bicyclic) bond motifs is 1. The van der Waals surface area contributed by atoms with E-state index in [1.165, 1.54) is 18.0 Å². The maximum absolute atomic E-state index is 13.9. The van der Waals surface area contributed by atoms with Crippen LogP contribution < -0.4 is 10.2 Å². The van der Waals surface area contributed by atoms with Gasteiger partial charge < -0.3 is 15.3 Å². The molecule has 3 rings (SSSR count). The first kappa shape index (κ1) is 18.6. The van der Waals surface area contributed by atoms with Gasteiger partial charge in [0, 0.05) is 12.6 Å². The second-order valence-electron chi connectivity index (χ2n) is 6.67. The number of nitrogens with one attached hydrogen (secondary N) is 1. The van der Waals surface area contributed by atoms with E-state index in [9.17, 15) is 19.1 Å². The van der Waals surface area contributed by atoms with Gasteiger partial charge in [0.15, 0.2) is 0 Å². The first-order chi connectivity index (χ1) is 12.8. The van der Waals surface area contributed by atoms with E-state index in [1.807, 2.05) is 13.0 Å². The van der Waals surface area contributed by atoms with Gasteiger partial charge in [-0.3, -0.25) is 9.59 Å². The van der Waals surface area contributed by atoms with Crippen molar-refractivity contribution in [3.63, 3.8) is 0 Å². The van der Waals surface area contributed by atoms with E-state index in [0.717, 1.165) is 5.56 Å². The Morgan fingerprint density at radius 2 is 1.96 bits per heavy atom. The van der Waals surface area contributed by atoms with Gasteiger partial charge >= 0.3 is 0 Å². The number of likely N-dealkylation sites (N-methyl/N-ethyl adjacent to an activating group) is 1. The number of anilines is 1. The van der Waals surface area contributed by atoms with E-state index >= 15 is 0 Å². The van der Waals surface area contributed by atoms with Gasteiger partial charge in [-0.1, -0.05) is 23.8 Å². The zero-order chi connectivity index (χ0) is 19.7. The van der Waals surface area contributed by atoms with Gasteiger partial charge in [-0.15, -0.1) is 0 Å². The molecule has 0 bridgehead atoms. The number of halogens is 1. The molecule has 1 aliphatic heterocycles. The Labute approximate surface area is 157 Å². The van der Waals surface area contributed by atoms with Crippen LogP contribution in [0.2, 0.25) is 0 Å². The molecular formula is C21H21FN2O3. The molecule has 1 aliphatic rings. The van der Waals surface area contributed by atoms with Crippen LogP contribution in [0.3, 0.4) is 0 Å². The van der Waals surface area contributed by atoms with Gasteiger partial charge in [-0.05, 0) is 43.2 Å². The minimum Gasteiger partial charge on any atom is -0.507 e. The fourth-order valence-electron chi connectivity index (χ4n) is 3.13. The molecule has 0 aliphatic carbocycles. The molecule has 5 nitrogen and oxygen atoms in total. The lowest BCUT2D eigenvalue weighted by atomic mass is 10.0. The molecule has 2 amide bonds. The van der Waals surface area contributed by atoms with Crippen molar-refractivity contribution in [3.8, 4) is 0 Å². The minimum absolute atomic E-state index is 0.0203. The molecule has 0 saturated heterocycles. The first-order valence-corrected chi connectivity index (χ1v) is 8.62. The van der Waals surface area contributed by atoms with E-state index < -0.39 is 5.91 Å². The highest BCUT2D eigenvalue weighted by Gasteiger charge is 2.30. The van der Waals surface area contributed by atoms with Crippen LogP contribution in [-0.4, -0.2) is 24.0 Å². The number of rotatable bonds is 3. The van der Waals surface area contributed by atoms with E-state index in [-0.39, 0.29) is 36.0 Å². The summed E-state index contributed by atoms with van der Waals surface area (Å²) in [5.41, 5.74) is 2.95. The van der Waals surface area contributed by atoms with Crippen molar-refractivity contribution in [3.05, 3.63) is 70.0 Å². The minimum atomic E-state index is -0.503. The van der Waals surface area contributed by atoms with Crippen molar-refractivity contribution in [1.29, 1.82) is 0 Å². The number of nitrogens with zero attached hydrogens (tertiary/aromatic N) is 1. The molecule has 6 heteroatoms. The number of carbonyl (C=O) groups excluding carboxylic acids is 2. The van der Waals surface area contributed by atoms with Crippen LogP contribution in [0.1, 0.15) is 28.7 Å². The third-order valence-electron chi connectivity index (χ3n) is 4.69. The van der Waals surface area contributed by atoms with E-state index in [0.29, 0.717) is 22.4 Å². The normalized spacial score (nSPS) is 14.1. The standard InChI is InChI=1S/C21H21FN2O3/c1-12-4-7-18-15(8-12)20(26)16(21(27)23-3)10-19(25)24(18)11-14-6-5-13(2)17(22)9-14/h4-9,26H,10-11H2,1-3H3,(H,23,27). The van der Waals surface area contributed by atoms with Crippen molar-refractivity contribution in [2.24, 2.45) is 0 Å². The fourth-order valence-corrected chi connectivity index (χ4v) is 3.13. The van der Waals surface area contributed by atoms with Gasteiger partial charge in [0.2, 0.25) is 5.91 Å². The van der Waals surface area contributed by atoms with E-state index in [1.54, 1.807) is 31.2 Å². The molecule has 1 heterocycles. The van der Waals surface area contributed by atoms with Crippen LogP contribution >= 0.6 is 0 Å². The average molecular weight is 368 g/mol. The molecule has 0 saturated carbocycles. The maximum atomic E-state index is 13.9. The van der Waals surface area contributed by atoms with E-state index in [4.69, 9.17) is 0 Å². The van der Waals surface area contributed by atoms with Crippen LogP contribution in [0.15, 0.2) is 42.0 Å². The monoisotopic (exact) mass is 368 g/mol. The highest BCUT2D eigenvalue weighted by molar-refractivity contribution is 6.10. The Bertz CT molecular complexity index is 966. The maximum Gasteiger partial charge on any atom is 0.251 e. The molecule has 27 heavy (non-hydrogen) atoms.